The summed E-state index contributed by atoms with van der Waals surface area (Å²) in [6.07, 6.45) is 0. The van der Waals surface area contributed by atoms with Crippen LogP contribution in [0.2, 0.25) is 0 Å². The van der Waals surface area contributed by atoms with Gasteiger partial charge in [0, 0.05) is 11.4 Å². The van der Waals surface area contributed by atoms with Gasteiger partial charge in [-0.25, -0.2) is 0 Å². The molecule has 2 rings (SSSR count). The Labute approximate surface area is 128 Å². The molecule has 2 heteroatoms. The third-order valence-electron chi connectivity index (χ3n) is 3.51. The number of rotatable bonds is 4. The first kappa shape index (κ1) is 15.4. The van der Waals surface area contributed by atoms with Gasteiger partial charge >= 0.3 is 0 Å². The van der Waals surface area contributed by atoms with Crippen LogP contribution in [0.3, 0.4) is 0 Å². The highest BCUT2D eigenvalue weighted by molar-refractivity contribution is 5.62. The third kappa shape index (κ3) is 4.01. The Morgan fingerprint density at radius 1 is 0.952 bits per heavy atom. The van der Waals surface area contributed by atoms with Gasteiger partial charge in [0.1, 0.15) is 5.75 Å². The molecule has 0 aliphatic carbocycles. The van der Waals surface area contributed by atoms with Gasteiger partial charge in [-0.2, -0.15) is 0 Å². The number of hydrogen-bond acceptors (Lipinski definition) is 2. The molecule has 0 spiro atoms. The van der Waals surface area contributed by atoms with Crippen LogP contribution >= 0.6 is 0 Å². The van der Waals surface area contributed by atoms with Crippen molar-refractivity contribution in [3.05, 3.63) is 53.6 Å². The van der Waals surface area contributed by atoms with Crippen molar-refractivity contribution < 1.29 is 4.74 Å². The quantitative estimate of drug-likeness (QED) is 0.807. The summed E-state index contributed by atoms with van der Waals surface area (Å²) in [6, 6.07) is 14.8. The van der Waals surface area contributed by atoms with Crippen molar-refractivity contribution >= 4 is 11.4 Å². The molecule has 112 valence electrons. The number of hydrogen-bond donors (Lipinski definition) is 1. The van der Waals surface area contributed by atoms with E-state index in [2.05, 4.69) is 69.4 Å². The summed E-state index contributed by atoms with van der Waals surface area (Å²) in [6.45, 7) is 11.4. The summed E-state index contributed by atoms with van der Waals surface area (Å²) in [4.78, 5) is 0. The van der Waals surface area contributed by atoms with E-state index in [0.29, 0.717) is 6.61 Å². The summed E-state index contributed by atoms with van der Waals surface area (Å²) in [5.41, 5.74) is 4.86. The van der Waals surface area contributed by atoms with Gasteiger partial charge < -0.3 is 10.1 Å². The number of nitrogens with one attached hydrogen (secondary N) is 1. The number of anilines is 2. The van der Waals surface area contributed by atoms with E-state index in [0.717, 1.165) is 22.7 Å². The minimum atomic E-state index is 0.189. The Morgan fingerprint density at radius 2 is 1.57 bits per heavy atom. The van der Waals surface area contributed by atoms with Gasteiger partial charge in [0.25, 0.3) is 0 Å². The summed E-state index contributed by atoms with van der Waals surface area (Å²) in [7, 11) is 0. The lowest BCUT2D eigenvalue weighted by molar-refractivity contribution is 0.338. The van der Waals surface area contributed by atoms with E-state index in [-0.39, 0.29) is 5.41 Å². The molecule has 2 aromatic rings. The lowest BCUT2D eigenvalue weighted by atomic mass is 9.87. The maximum absolute atomic E-state index is 5.57. The van der Waals surface area contributed by atoms with E-state index in [4.69, 9.17) is 4.74 Å². The highest BCUT2D eigenvalue weighted by atomic mass is 16.5. The highest BCUT2D eigenvalue weighted by Crippen LogP contribution is 2.27. The maximum Gasteiger partial charge on any atom is 0.122 e. The smallest absolute Gasteiger partial charge is 0.122 e. The van der Waals surface area contributed by atoms with Crippen LogP contribution in [-0.4, -0.2) is 6.61 Å². The van der Waals surface area contributed by atoms with E-state index in [9.17, 15) is 0 Å². The lowest BCUT2D eigenvalue weighted by Crippen LogP contribution is -2.10. The minimum absolute atomic E-state index is 0.189. The lowest BCUT2D eigenvalue weighted by Gasteiger charge is -2.19. The van der Waals surface area contributed by atoms with Crippen LogP contribution in [0.5, 0.6) is 5.75 Å². The van der Waals surface area contributed by atoms with Gasteiger partial charge in [0.05, 0.1) is 6.61 Å². The first-order chi connectivity index (χ1) is 9.90. The fourth-order valence-electron chi connectivity index (χ4n) is 2.26. The van der Waals surface area contributed by atoms with Gasteiger partial charge in [-0.1, -0.05) is 32.9 Å². The first-order valence-electron chi connectivity index (χ1n) is 7.51. The molecule has 2 aromatic carbocycles. The molecular weight excluding hydrogens is 258 g/mol. The first-order valence-corrected chi connectivity index (χ1v) is 7.51. The van der Waals surface area contributed by atoms with Gasteiger partial charge in [0.2, 0.25) is 0 Å². The van der Waals surface area contributed by atoms with Crippen molar-refractivity contribution in [1.29, 1.82) is 0 Å². The maximum atomic E-state index is 5.57. The monoisotopic (exact) mass is 283 g/mol. The van der Waals surface area contributed by atoms with Crippen LogP contribution in [0.4, 0.5) is 11.4 Å². The Bertz CT molecular complexity index is 594. The summed E-state index contributed by atoms with van der Waals surface area (Å²) >= 11 is 0. The van der Waals surface area contributed by atoms with E-state index in [1.54, 1.807) is 0 Å². The molecule has 0 saturated carbocycles. The molecule has 0 bridgehead atoms. The zero-order valence-electron chi connectivity index (χ0n) is 13.7. The van der Waals surface area contributed by atoms with E-state index >= 15 is 0 Å². The van der Waals surface area contributed by atoms with Crippen LogP contribution in [0.25, 0.3) is 0 Å². The van der Waals surface area contributed by atoms with Crippen LogP contribution in [0, 0.1) is 6.92 Å². The third-order valence-corrected chi connectivity index (χ3v) is 3.51. The Kier molecular flexibility index (Phi) is 4.56. The second kappa shape index (κ2) is 6.21. The van der Waals surface area contributed by atoms with Gasteiger partial charge in [-0.05, 0) is 60.7 Å². The largest absolute Gasteiger partial charge is 0.494 e. The number of aryl methyl sites for hydroxylation is 1. The molecule has 0 aliphatic heterocycles. The molecule has 0 unspecified atom stereocenters. The summed E-state index contributed by atoms with van der Waals surface area (Å²) in [5, 5.41) is 3.44. The second-order valence-electron chi connectivity index (χ2n) is 6.37. The predicted molar refractivity (Wildman–Crippen MR) is 90.8 cm³/mol. The predicted octanol–water partition coefficient (Wildman–Crippen LogP) is 5.43. The van der Waals surface area contributed by atoms with Crippen molar-refractivity contribution in [2.75, 3.05) is 11.9 Å². The van der Waals surface area contributed by atoms with Crippen molar-refractivity contribution in [3.8, 4) is 5.75 Å². The fourth-order valence-corrected chi connectivity index (χ4v) is 2.26. The van der Waals surface area contributed by atoms with Crippen LogP contribution in [0.15, 0.2) is 42.5 Å². The molecule has 0 radical (unpaired) electrons. The molecular formula is C19H25NO. The van der Waals surface area contributed by atoms with Crippen molar-refractivity contribution in [1.82, 2.24) is 0 Å². The number of ether oxygens (including phenoxy) is 1. The average molecular weight is 283 g/mol. The molecule has 0 saturated heterocycles. The average Bonchev–Trinajstić information content (AvgIpc) is 2.42. The SMILES string of the molecule is CCOc1ccc(Nc2ccc(C(C)(C)C)cc2)cc1C. The summed E-state index contributed by atoms with van der Waals surface area (Å²) < 4.78 is 5.57. The summed E-state index contributed by atoms with van der Waals surface area (Å²) in [5.74, 6) is 0.950. The Morgan fingerprint density at radius 3 is 2.10 bits per heavy atom. The topological polar surface area (TPSA) is 21.3 Å². The normalized spacial score (nSPS) is 11.3. The highest BCUT2D eigenvalue weighted by Gasteiger charge is 2.12. The van der Waals surface area contributed by atoms with E-state index in [1.165, 1.54) is 5.56 Å². The van der Waals surface area contributed by atoms with Crippen molar-refractivity contribution in [2.45, 2.75) is 40.0 Å². The van der Waals surface area contributed by atoms with Crippen molar-refractivity contribution in [3.63, 3.8) is 0 Å². The van der Waals surface area contributed by atoms with E-state index < -0.39 is 0 Å². The molecule has 21 heavy (non-hydrogen) atoms. The molecule has 0 heterocycles. The molecule has 2 nitrogen and oxygen atoms in total. The Hall–Kier alpha value is -1.96. The molecule has 0 aliphatic rings. The van der Waals surface area contributed by atoms with Gasteiger partial charge in [0.15, 0.2) is 0 Å². The fraction of sp³-hybridized carbons (Fsp3) is 0.368. The molecule has 0 fully saturated rings. The van der Waals surface area contributed by atoms with E-state index in [1.807, 2.05) is 13.0 Å². The standard InChI is InChI=1S/C19H25NO/c1-6-21-18-12-11-17(13-14(18)2)20-16-9-7-15(8-10-16)19(3,4)5/h7-13,20H,6H2,1-5H3. The second-order valence-corrected chi connectivity index (χ2v) is 6.37. The zero-order valence-corrected chi connectivity index (χ0v) is 13.7. The van der Waals surface area contributed by atoms with Crippen LogP contribution < -0.4 is 10.1 Å². The molecule has 0 aromatic heterocycles. The van der Waals surface area contributed by atoms with Gasteiger partial charge in [-0.3, -0.25) is 0 Å². The Balaban J connectivity index is 2.13. The van der Waals surface area contributed by atoms with Crippen molar-refractivity contribution in [2.24, 2.45) is 0 Å². The van der Waals surface area contributed by atoms with Crippen LogP contribution in [0.1, 0.15) is 38.8 Å². The number of benzene rings is 2. The zero-order chi connectivity index (χ0) is 15.5. The molecule has 0 amide bonds. The van der Waals surface area contributed by atoms with Gasteiger partial charge in [-0.15, -0.1) is 0 Å². The molecule has 0 atom stereocenters. The minimum Gasteiger partial charge on any atom is -0.494 e. The van der Waals surface area contributed by atoms with Crippen LogP contribution in [-0.2, 0) is 5.41 Å². The molecule has 1 N–H and O–H groups in total.